The van der Waals surface area contributed by atoms with Crippen LogP contribution in [0.2, 0.25) is 0 Å². The second-order valence-electron chi connectivity index (χ2n) is 2.40. The first kappa shape index (κ1) is 8.36. The molecule has 2 rings (SSSR count). The number of hydrogen-bond acceptors (Lipinski definition) is 5. The van der Waals surface area contributed by atoms with Gasteiger partial charge in [-0.25, -0.2) is 9.78 Å². The largest absolute Gasteiger partial charge is 0.401 e. The van der Waals surface area contributed by atoms with Gasteiger partial charge in [-0.3, -0.25) is 10.1 Å². The number of esters is 1. The molecule has 6 nitrogen and oxygen atoms in total. The average molecular weight is 190 g/mol. The highest BCUT2D eigenvalue weighted by molar-refractivity contribution is 5.88. The molecule has 0 saturated heterocycles. The zero-order valence-corrected chi connectivity index (χ0v) is 7.04. The maximum Gasteiger partial charge on any atom is 0.363 e. The normalized spacial score (nSPS) is 9.71. The van der Waals surface area contributed by atoms with Crippen molar-refractivity contribution in [2.75, 3.05) is 0 Å². The summed E-state index contributed by atoms with van der Waals surface area (Å²) in [7, 11) is 0. The molecule has 0 saturated carbocycles. The van der Waals surface area contributed by atoms with Gasteiger partial charge >= 0.3 is 5.97 Å². The van der Waals surface area contributed by atoms with Crippen molar-refractivity contribution in [3.05, 3.63) is 36.5 Å². The van der Waals surface area contributed by atoms with Crippen LogP contribution in [-0.2, 0) is 0 Å². The molecule has 0 atom stereocenters. The number of H-pyrrole nitrogens is 1. The van der Waals surface area contributed by atoms with E-state index >= 15 is 0 Å². The van der Waals surface area contributed by atoms with Crippen molar-refractivity contribution in [1.82, 2.24) is 20.2 Å². The number of carbonyl (C=O) groups excluding carboxylic acids is 1. The van der Waals surface area contributed by atoms with Crippen LogP contribution in [0.1, 0.15) is 10.5 Å². The van der Waals surface area contributed by atoms with Crippen LogP contribution in [0.4, 0.5) is 0 Å². The first-order chi connectivity index (χ1) is 6.86. The molecule has 0 aliphatic heterocycles. The van der Waals surface area contributed by atoms with Crippen LogP contribution in [0.15, 0.2) is 30.9 Å². The van der Waals surface area contributed by atoms with Gasteiger partial charge in [-0.15, -0.1) is 0 Å². The van der Waals surface area contributed by atoms with Gasteiger partial charge in [0, 0.05) is 18.6 Å². The minimum Gasteiger partial charge on any atom is -0.401 e. The van der Waals surface area contributed by atoms with Gasteiger partial charge < -0.3 is 4.74 Å². The lowest BCUT2D eigenvalue weighted by atomic mass is 10.4. The Morgan fingerprint density at radius 3 is 2.93 bits per heavy atom. The number of ether oxygens (including phenoxy) is 1. The van der Waals surface area contributed by atoms with E-state index in [0.717, 1.165) is 0 Å². The molecule has 2 heterocycles. The number of nitrogens with zero attached hydrogens (tertiary/aromatic N) is 3. The number of nitrogens with one attached hydrogen (secondary N) is 1. The highest BCUT2D eigenvalue weighted by Crippen LogP contribution is 2.04. The summed E-state index contributed by atoms with van der Waals surface area (Å²) in [6.07, 6.45) is 5.75. The van der Waals surface area contributed by atoms with Crippen LogP contribution in [-0.4, -0.2) is 26.1 Å². The van der Waals surface area contributed by atoms with E-state index in [9.17, 15) is 4.79 Å². The molecule has 1 N–H and O–H groups in total. The quantitative estimate of drug-likeness (QED) is 0.694. The van der Waals surface area contributed by atoms with Crippen LogP contribution in [0.25, 0.3) is 0 Å². The van der Waals surface area contributed by atoms with Gasteiger partial charge in [0.15, 0.2) is 0 Å². The first-order valence-corrected chi connectivity index (χ1v) is 3.84. The second-order valence-corrected chi connectivity index (χ2v) is 2.40. The number of aromatic nitrogens is 4. The van der Waals surface area contributed by atoms with Crippen LogP contribution in [0.3, 0.4) is 0 Å². The van der Waals surface area contributed by atoms with Gasteiger partial charge in [0.05, 0.1) is 6.20 Å². The monoisotopic (exact) mass is 190 g/mol. The van der Waals surface area contributed by atoms with Crippen molar-refractivity contribution in [1.29, 1.82) is 0 Å². The van der Waals surface area contributed by atoms with Crippen LogP contribution in [0, 0.1) is 0 Å². The lowest BCUT2D eigenvalue weighted by Crippen LogP contribution is -2.09. The smallest absolute Gasteiger partial charge is 0.363 e. The van der Waals surface area contributed by atoms with Crippen molar-refractivity contribution >= 4 is 5.97 Å². The second kappa shape index (κ2) is 3.65. The Bertz CT molecular complexity index is 412. The predicted octanol–water partition coefficient (Wildman–Crippen LogP) is 0.419. The molecule has 0 aromatic carbocycles. The van der Waals surface area contributed by atoms with E-state index in [1.54, 1.807) is 0 Å². The molecule has 0 bridgehead atoms. The van der Waals surface area contributed by atoms with Gasteiger partial charge in [-0.2, -0.15) is 5.10 Å². The van der Waals surface area contributed by atoms with Crippen molar-refractivity contribution in [3.8, 4) is 5.88 Å². The van der Waals surface area contributed by atoms with Gasteiger partial charge in [0.25, 0.3) is 0 Å². The Kier molecular flexibility index (Phi) is 2.18. The van der Waals surface area contributed by atoms with Gasteiger partial charge in [-0.1, -0.05) is 0 Å². The lowest BCUT2D eigenvalue weighted by Gasteiger charge is -1.98. The van der Waals surface area contributed by atoms with Crippen LogP contribution < -0.4 is 4.74 Å². The summed E-state index contributed by atoms with van der Waals surface area (Å²) >= 11 is 0. The molecule has 0 radical (unpaired) electrons. The van der Waals surface area contributed by atoms with E-state index in [-0.39, 0.29) is 11.6 Å². The SMILES string of the molecule is O=C(Oc1cnccn1)c1ccn[nH]1. The maximum atomic E-state index is 11.3. The summed E-state index contributed by atoms with van der Waals surface area (Å²) in [5.74, 6) is -0.380. The molecule has 0 unspecified atom stereocenters. The minimum absolute atomic E-state index is 0.159. The lowest BCUT2D eigenvalue weighted by molar-refractivity contribution is 0.0720. The summed E-state index contributed by atoms with van der Waals surface area (Å²) < 4.78 is 4.87. The van der Waals surface area contributed by atoms with Gasteiger partial charge in [0.2, 0.25) is 5.88 Å². The van der Waals surface area contributed by atoms with Crippen molar-refractivity contribution in [2.24, 2.45) is 0 Å². The Labute approximate surface area is 79.0 Å². The maximum absolute atomic E-state index is 11.3. The Balaban J connectivity index is 2.10. The molecule has 70 valence electrons. The van der Waals surface area contributed by atoms with E-state index in [2.05, 4.69) is 20.2 Å². The van der Waals surface area contributed by atoms with Crippen LogP contribution in [0.5, 0.6) is 5.88 Å². The molecule has 0 spiro atoms. The van der Waals surface area contributed by atoms with E-state index in [0.29, 0.717) is 0 Å². The van der Waals surface area contributed by atoms with E-state index in [1.165, 1.54) is 30.9 Å². The summed E-state index contributed by atoms with van der Waals surface area (Å²) in [6.45, 7) is 0. The number of hydrogen-bond donors (Lipinski definition) is 1. The third-order valence-electron chi connectivity index (χ3n) is 1.46. The molecule has 0 fully saturated rings. The fourth-order valence-electron chi connectivity index (χ4n) is 0.858. The average Bonchev–Trinajstić information content (AvgIpc) is 2.72. The Morgan fingerprint density at radius 1 is 1.36 bits per heavy atom. The van der Waals surface area contributed by atoms with E-state index in [1.807, 2.05) is 0 Å². The first-order valence-electron chi connectivity index (χ1n) is 3.84. The summed E-state index contributed by atoms with van der Waals surface area (Å²) in [4.78, 5) is 18.9. The Hall–Kier alpha value is -2.24. The zero-order chi connectivity index (χ0) is 9.80. The summed E-state index contributed by atoms with van der Waals surface area (Å²) in [5.41, 5.74) is 0.274. The molecule has 0 aliphatic rings. The molecule has 14 heavy (non-hydrogen) atoms. The van der Waals surface area contributed by atoms with Crippen molar-refractivity contribution in [2.45, 2.75) is 0 Å². The number of aromatic amines is 1. The van der Waals surface area contributed by atoms with Gasteiger partial charge in [0.1, 0.15) is 5.69 Å². The number of rotatable bonds is 2. The highest BCUT2D eigenvalue weighted by atomic mass is 16.5. The molecular formula is C8H6N4O2. The molecule has 2 aromatic heterocycles. The standard InChI is InChI=1S/C8H6N4O2/c13-8(6-1-2-11-12-6)14-7-5-9-3-4-10-7/h1-5H,(H,11,12). The molecule has 6 heteroatoms. The molecule has 0 amide bonds. The Morgan fingerprint density at radius 2 is 2.29 bits per heavy atom. The summed E-state index contributed by atoms with van der Waals surface area (Å²) in [5, 5.41) is 6.11. The van der Waals surface area contributed by atoms with Crippen molar-refractivity contribution < 1.29 is 9.53 Å². The fraction of sp³-hybridized carbons (Fsp3) is 0. The third-order valence-corrected chi connectivity index (χ3v) is 1.46. The van der Waals surface area contributed by atoms with E-state index in [4.69, 9.17) is 4.74 Å². The van der Waals surface area contributed by atoms with E-state index < -0.39 is 5.97 Å². The molecule has 2 aromatic rings. The van der Waals surface area contributed by atoms with Gasteiger partial charge in [-0.05, 0) is 6.07 Å². The predicted molar refractivity (Wildman–Crippen MR) is 45.6 cm³/mol. The molecular weight excluding hydrogens is 184 g/mol. The topological polar surface area (TPSA) is 80.8 Å². The zero-order valence-electron chi connectivity index (χ0n) is 7.04. The summed E-state index contributed by atoms with van der Waals surface area (Å²) in [6, 6.07) is 1.51. The van der Waals surface area contributed by atoms with Crippen LogP contribution >= 0.6 is 0 Å². The van der Waals surface area contributed by atoms with Crippen molar-refractivity contribution in [3.63, 3.8) is 0 Å². The minimum atomic E-state index is -0.539. The molecule has 0 aliphatic carbocycles. The fourth-order valence-corrected chi connectivity index (χ4v) is 0.858. The third kappa shape index (κ3) is 1.74. The number of carbonyl (C=O) groups is 1. The highest BCUT2D eigenvalue weighted by Gasteiger charge is 2.09.